The first-order chi connectivity index (χ1) is 12.8. The maximum atomic E-state index is 5.84. The maximum absolute atomic E-state index is 5.84. The quantitative estimate of drug-likeness (QED) is 0.412. The number of nitrogens with zero attached hydrogens (tertiary/aromatic N) is 4. The highest BCUT2D eigenvalue weighted by molar-refractivity contribution is 5.79. The molecule has 3 rings (SSSR count). The SMILES string of the molecule is CO/N=C/c1ccc(OCCCC2CCN(c3cccnn3)CC2)cc1. The van der Waals surface area contributed by atoms with E-state index in [0.29, 0.717) is 0 Å². The molecule has 0 spiro atoms. The Morgan fingerprint density at radius 2 is 2.00 bits per heavy atom. The van der Waals surface area contributed by atoms with E-state index in [9.17, 15) is 0 Å². The van der Waals surface area contributed by atoms with Crippen molar-refractivity contribution in [3.05, 3.63) is 48.2 Å². The summed E-state index contributed by atoms with van der Waals surface area (Å²) in [6.45, 7) is 2.89. The summed E-state index contributed by atoms with van der Waals surface area (Å²) in [6.07, 6.45) is 8.12. The van der Waals surface area contributed by atoms with Crippen molar-refractivity contribution in [2.45, 2.75) is 25.7 Å². The molecular formula is C20H26N4O2. The first-order valence-corrected chi connectivity index (χ1v) is 9.17. The van der Waals surface area contributed by atoms with Crippen molar-refractivity contribution in [1.82, 2.24) is 10.2 Å². The van der Waals surface area contributed by atoms with E-state index in [1.54, 1.807) is 12.4 Å². The second-order valence-electron chi connectivity index (χ2n) is 6.49. The van der Waals surface area contributed by atoms with Gasteiger partial charge in [0.25, 0.3) is 0 Å². The molecule has 0 bridgehead atoms. The van der Waals surface area contributed by atoms with E-state index < -0.39 is 0 Å². The van der Waals surface area contributed by atoms with E-state index in [0.717, 1.165) is 49.2 Å². The van der Waals surface area contributed by atoms with Gasteiger partial charge in [-0.2, -0.15) is 5.10 Å². The van der Waals surface area contributed by atoms with Crippen LogP contribution in [-0.4, -0.2) is 43.2 Å². The van der Waals surface area contributed by atoms with Gasteiger partial charge in [-0.3, -0.25) is 0 Å². The molecule has 1 aliphatic rings. The predicted octanol–water partition coefficient (Wildman–Crippen LogP) is 3.53. The average Bonchev–Trinajstić information content (AvgIpc) is 2.72. The lowest BCUT2D eigenvalue weighted by Gasteiger charge is -2.32. The lowest BCUT2D eigenvalue weighted by Crippen LogP contribution is -2.34. The van der Waals surface area contributed by atoms with Gasteiger partial charge in [-0.1, -0.05) is 5.16 Å². The summed E-state index contributed by atoms with van der Waals surface area (Å²) in [7, 11) is 1.54. The predicted molar refractivity (Wildman–Crippen MR) is 103 cm³/mol. The van der Waals surface area contributed by atoms with Crippen LogP contribution in [0.3, 0.4) is 0 Å². The number of piperidine rings is 1. The number of hydrogen-bond donors (Lipinski definition) is 0. The molecule has 2 aromatic rings. The second kappa shape index (κ2) is 9.75. The van der Waals surface area contributed by atoms with Gasteiger partial charge in [-0.15, -0.1) is 5.10 Å². The highest BCUT2D eigenvalue weighted by Gasteiger charge is 2.19. The normalized spacial score (nSPS) is 15.3. The third kappa shape index (κ3) is 5.44. The van der Waals surface area contributed by atoms with Gasteiger partial charge in [0, 0.05) is 19.3 Å². The summed E-state index contributed by atoms with van der Waals surface area (Å²) in [5, 5.41) is 11.9. The van der Waals surface area contributed by atoms with E-state index in [1.165, 1.54) is 26.4 Å². The Morgan fingerprint density at radius 3 is 2.69 bits per heavy atom. The summed E-state index contributed by atoms with van der Waals surface area (Å²) in [4.78, 5) is 7.00. The van der Waals surface area contributed by atoms with Crippen LogP contribution in [0.1, 0.15) is 31.2 Å². The van der Waals surface area contributed by atoms with Gasteiger partial charge in [0.05, 0.1) is 12.8 Å². The minimum absolute atomic E-state index is 0.760. The van der Waals surface area contributed by atoms with Crippen molar-refractivity contribution in [3.63, 3.8) is 0 Å². The van der Waals surface area contributed by atoms with Crippen LogP contribution in [0.25, 0.3) is 0 Å². The van der Waals surface area contributed by atoms with Gasteiger partial charge < -0.3 is 14.5 Å². The summed E-state index contributed by atoms with van der Waals surface area (Å²) < 4.78 is 5.84. The smallest absolute Gasteiger partial charge is 0.151 e. The number of anilines is 1. The largest absolute Gasteiger partial charge is 0.494 e. The number of aromatic nitrogens is 2. The Morgan fingerprint density at radius 1 is 1.19 bits per heavy atom. The number of rotatable bonds is 8. The van der Waals surface area contributed by atoms with Crippen LogP contribution in [0, 0.1) is 5.92 Å². The van der Waals surface area contributed by atoms with E-state index in [-0.39, 0.29) is 0 Å². The minimum atomic E-state index is 0.760. The number of hydrogen-bond acceptors (Lipinski definition) is 6. The van der Waals surface area contributed by atoms with Crippen molar-refractivity contribution in [3.8, 4) is 5.75 Å². The number of oxime groups is 1. The number of ether oxygens (including phenoxy) is 1. The van der Waals surface area contributed by atoms with Crippen LogP contribution < -0.4 is 9.64 Å². The Bertz CT molecular complexity index is 668. The molecule has 6 nitrogen and oxygen atoms in total. The molecule has 6 heteroatoms. The zero-order valence-corrected chi connectivity index (χ0v) is 15.3. The number of benzene rings is 1. The van der Waals surface area contributed by atoms with Gasteiger partial charge in [0.1, 0.15) is 12.9 Å². The Balaban J connectivity index is 1.33. The van der Waals surface area contributed by atoms with Gasteiger partial charge in [0.15, 0.2) is 5.82 Å². The summed E-state index contributed by atoms with van der Waals surface area (Å²) in [6, 6.07) is 11.9. The first kappa shape index (κ1) is 18.2. The molecule has 1 saturated heterocycles. The molecule has 2 heterocycles. The van der Waals surface area contributed by atoms with Crippen LogP contribution in [0.4, 0.5) is 5.82 Å². The highest BCUT2D eigenvalue weighted by atomic mass is 16.6. The van der Waals surface area contributed by atoms with Crippen molar-refractivity contribution >= 4 is 12.0 Å². The molecule has 26 heavy (non-hydrogen) atoms. The van der Waals surface area contributed by atoms with Gasteiger partial charge in [-0.05, 0) is 73.6 Å². The lowest BCUT2D eigenvalue weighted by atomic mass is 9.92. The zero-order valence-electron chi connectivity index (χ0n) is 15.3. The summed E-state index contributed by atoms with van der Waals surface area (Å²) in [5.41, 5.74) is 0.995. The van der Waals surface area contributed by atoms with E-state index >= 15 is 0 Å². The molecule has 0 radical (unpaired) electrons. The summed E-state index contributed by atoms with van der Waals surface area (Å²) >= 11 is 0. The highest BCUT2D eigenvalue weighted by Crippen LogP contribution is 2.24. The molecule has 0 atom stereocenters. The third-order valence-corrected chi connectivity index (χ3v) is 4.71. The van der Waals surface area contributed by atoms with Crippen LogP contribution in [0.5, 0.6) is 5.75 Å². The molecule has 0 amide bonds. The fourth-order valence-electron chi connectivity index (χ4n) is 3.24. The summed E-state index contributed by atoms with van der Waals surface area (Å²) in [5.74, 6) is 2.67. The standard InChI is InChI=1S/C20H26N4O2/c1-25-22-16-18-6-8-19(9-7-18)26-15-3-4-17-10-13-24(14-11-17)20-5-2-12-21-23-20/h2,5-9,12,16-17H,3-4,10-11,13-15H2,1H3/b22-16+. The van der Waals surface area contributed by atoms with Crippen molar-refractivity contribution < 1.29 is 9.57 Å². The molecule has 0 aliphatic carbocycles. The third-order valence-electron chi connectivity index (χ3n) is 4.71. The Labute approximate surface area is 154 Å². The first-order valence-electron chi connectivity index (χ1n) is 9.17. The van der Waals surface area contributed by atoms with Crippen molar-refractivity contribution in [2.75, 3.05) is 31.7 Å². The molecule has 138 valence electrons. The van der Waals surface area contributed by atoms with Crippen LogP contribution in [0.2, 0.25) is 0 Å². The van der Waals surface area contributed by atoms with E-state index in [2.05, 4.69) is 25.1 Å². The molecule has 1 aromatic heterocycles. The van der Waals surface area contributed by atoms with Crippen molar-refractivity contribution in [2.24, 2.45) is 11.1 Å². The zero-order chi connectivity index (χ0) is 18.0. The van der Waals surface area contributed by atoms with Gasteiger partial charge in [0.2, 0.25) is 0 Å². The lowest BCUT2D eigenvalue weighted by molar-refractivity contribution is 0.215. The minimum Gasteiger partial charge on any atom is -0.494 e. The average molecular weight is 354 g/mol. The molecule has 1 aromatic carbocycles. The maximum Gasteiger partial charge on any atom is 0.151 e. The molecule has 0 N–H and O–H groups in total. The Kier molecular flexibility index (Phi) is 6.81. The van der Waals surface area contributed by atoms with Crippen LogP contribution in [0.15, 0.2) is 47.8 Å². The Hall–Kier alpha value is -2.63. The van der Waals surface area contributed by atoms with E-state index in [1.807, 2.05) is 36.4 Å². The molecule has 0 unspecified atom stereocenters. The van der Waals surface area contributed by atoms with Gasteiger partial charge >= 0.3 is 0 Å². The van der Waals surface area contributed by atoms with E-state index in [4.69, 9.17) is 4.74 Å². The van der Waals surface area contributed by atoms with Crippen molar-refractivity contribution in [1.29, 1.82) is 0 Å². The topological polar surface area (TPSA) is 59.8 Å². The fourth-order valence-corrected chi connectivity index (χ4v) is 3.24. The molecule has 1 aliphatic heterocycles. The monoisotopic (exact) mass is 354 g/mol. The fraction of sp³-hybridized carbons (Fsp3) is 0.450. The molecular weight excluding hydrogens is 328 g/mol. The van der Waals surface area contributed by atoms with Crippen LogP contribution in [-0.2, 0) is 4.84 Å². The second-order valence-corrected chi connectivity index (χ2v) is 6.49. The van der Waals surface area contributed by atoms with Gasteiger partial charge in [-0.25, -0.2) is 0 Å². The molecule has 0 saturated carbocycles. The van der Waals surface area contributed by atoms with Crippen LogP contribution >= 0.6 is 0 Å². The molecule has 1 fully saturated rings.